The molecule has 0 radical (unpaired) electrons. The van der Waals surface area contributed by atoms with Gasteiger partial charge in [-0.05, 0) is 60.4 Å². The van der Waals surface area contributed by atoms with Crippen molar-refractivity contribution in [2.45, 2.75) is 31.9 Å². The van der Waals surface area contributed by atoms with Crippen molar-refractivity contribution in [1.82, 2.24) is 4.90 Å². The number of aromatic hydroxyl groups is 1. The fraction of sp³-hybridized carbons (Fsp3) is 0.214. The number of phenolic OH excluding ortho intramolecular Hbond substituents is 1. The van der Waals surface area contributed by atoms with Crippen LogP contribution in [0, 0.1) is 0 Å². The van der Waals surface area contributed by atoms with Crippen LogP contribution < -0.4 is 4.74 Å². The predicted molar refractivity (Wildman–Crippen MR) is 127 cm³/mol. The van der Waals surface area contributed by atoms with Crippen LogP contribution in [0.1, 0.15) is 35.2 Å². The van der Waals surface area contributed by atoms with Gasteiger partial charge < -0.3 is 19.8 Å². The SMILES string of the molecule is C[C@@H]1Cc2cc(C(O)=C3C(=O)C(=O)N(CCc4ccccc4)[C@H]3c3ccc(O)cc3)ccc2O1. The second-order valence-corrected chi connectivity index (χ2v) is 8.77. The summed E-state index contributed by atoms with van der Waals surface area (Å²) in [6, 6.07) is 20.7. The van der Waals surface area contributed by atoms with E-state index >= 15 is 0 Å². The summed E-state index contributed by atoms with van der Waals surface area (Å²) in [5.74, 6) is -0.719. The lowest BCUT2D eigenvalue weighted by atomic mass is 9.94. The average Bonchev–Trinajstić information content (AvgIpc) is 3.34. The molecule has 3 aromatic carbocycles. The number of aliphatic hydroxyl groups is 1. The molecule has 6 nitrogen and oxygen atoms in total. The number of hydrogen-bond acceptors (Lipinski definition) is 5. The van der Waals surface area contributed by atoms with Gasteiger partial charge in [0.05, 0.1) is 11.6 Å². The minimum atomic E-state index is -0.757. The Balaban J connectivity index is 1.57. The molecule has 2 N–H and O–H groups in total. The Hall–Kier alpha value is -4.06. The van der Waals surface area contributed by atoms with Crippen molar-refractivity contribution in [3.63, 3.8) is 0 Å². The molecule has 0 bridgehead atoms. The molecule has 34 heavy (non-hydrogen) atoms. The molecule has 0 aromatic heterocycles. The Bertz CT molecular complexity index is 1280. The van der Waals surface area contributed by atoms with Crippen LogP contribution >= 0.6 is 0 Å². The summed E-state index contributed by atoms with van der Waals surface area (Å²) < 4.78 is 5.75. The Morgan fingerprint density at radius 3 is 2.50 bits per heavy atom. The van der Waals surface area contributed by atoms with E-state index in [0.717, 1.165) is 16.9 Å². The number of ether oxygens (including phenoxy) is 1. The minimum absolute atomic E-state index is 0.0490. The second-order valence-electron chi connectivity index (χ2n) is 8.77. The summed E-state index contributed by atoms with van der Waals surface area (Å²) in [7, 11) is 0. The molecule has 3 aromatic rings. The van der Waals surface area contributed by atoms with Gasteiger partial charge in [0.25, 0.3) is 11.7 Å². The number of ketones is 1. The first-order valence-electron chi connectivity index (χ1n) is 11.3. The summed E-state index contributed by atoms with van der Waals surface area (Å²) >= 11 is 0. The molecule has 1 fully saturated rings. The fourth-order valence-electron chi connectivity index (χ4n) is 4.73. The number of amides is 1. The zero-order valence-electron chi connectivity index (χ0n) is 18.8. The third-order valence-corrected chi connectivity index (χ3v) is 6.40. The number of likely N-dealkylation sites (tertiary alicyclic amines) is 1. The van der Waals surface area contributed by atoms with Crippen LogP contribution in [0.25, 0.3) is 5.76 Å². The Morgan fingerprint density at radius 2 is 1.76 bits per heavy atom. The number of benzene rings is 3. The third kappa shape index (κ3) is 3.92. The lowest BCUT2D eigenvalue weighted by Crippen LogP contribution is -2.31. The van der Waals surface area contributed by atoms with Crippen molar-refractivity contribution < 1.29 is 24.5 Å². The number of carbonyl (C=O) groups is 2. The van der Waals surface area contributed by atoms with Crippen molar-refractivity contribution in [1.29, 1.82) is 0 Å². The fourth-order valence-corrected chi connectivity index (χ4v) is 4.73. The number of phenols is 1. The van der Waals surface area contributed by atoms with Crippen molar-refractivity contribution in [2.75, 3.05) is 6.54 Å². The number of nitrogens with zero attached hydrogens (tertiary/aromatic N) is 1. The molecule has 172 valence electrons. The highest BCUT2D eigenvalue weighted by atomic mass is 16.5. The first kappa shape index (κ1) is 21.8. The highest BCUT2D eigenvalue weighted by Crippen LogP contribution is 2.41. The van der Waals surface area contributed by atoms with Gasteiger partial charge in [-0.3, -0.25) is 9.59 Å². The van der Waals surface area contributed by atoms with E-state index in [1.165, 1.54) is 17.0 Å². The van der Waals surface area contributed by atoms with Crippen LogP contribution in [0.4, 0.5) is 0 Å². The zero-order chi connectivity index (χ0) is 23.8. The van der Waals surface area contributed by atoms with Crippen molar-refractivity contribution in [2.24, 2.45) is 0 Å². The molecule has 2 heterocycles. The van der Waals surface area contributed by atoms with Crippen LogP contribution in [0.15, 0.2) is 78.4 Å². The Kier molecular flexibility index (Phi) is 5.57. The van der Waals surface area contributed by atoms with Gasteiger partial charge in [-0.25, -0.2) is 0 Å². The van der Waals surface area contributed by atoms with Gasteiger partial charge in [0, 0.05) is 18.5 Å². The zero-order valence-corrected chi connectivity index (χ0v) is 18.8. The van der Waals surface area contributed by atoms with Crippen molar-refractivity contribution >= 4 is 17.4 Å². The molecule has 5 rings (SSSR count). The molecule has 2 atom stereocenters. The number of fused-ring (bicyclic) bond motifs is 1. The monoisotopic (exact) mass is 455 g/mol. The summed E-state index contributed by atoms with van der Waals surface area (Å²) in [6.45, 7) is 2.29. The maximum atomic E-state index is 13.2. The van der Waals surface area contributed by atoms with Crippen LogP contribution in [-0.4, -0.2) is 39.5 Å². The highest BCUT2D eigenvalue weighted by molar-refractivity contribution is 6.46. The molecular formula is C28H25NO5. The Labute approximate surface area is 197 Å². The molecule has 2 aliphatic rings. The Morgan fingerprint density at radius 1 is 1.03 bits per heavy atom. The van der Waals surface area contributed by atoms with Gasteiger partial charge in [-0.15, -0.1) is 0 Å². The molecule has 2 aliphatic heterocycles. The van der Waals surface area contributed by atoms with E-state index in [2.05, 4.69) is 0 Å². The summed E-state index contributed by atoms with van der Waals surface area (Å²) in [5.41, 5.74) is 3.17. The van der Waals surface area contributed by atoms with Gasteiger partial charge in [0.1, 0.15) is 23.4 Å². The molecule has 0 unspecified atom stereocenters. The number of hydrogen-bond donors (Lipinski definition) is 2. The summed E-state index contributed by atoms with van der Waals surface area (Å²) in [5, 5.41) is 21.0. The van der Waals surface area contributed by atoms with E-state index in [1.54, 1.807) is 24.3 Å². The predicted octanol–water partition coefficient (Wildman–Crippen LogP) is 4.38. The molecule has 0 saturated carbocycles. The van der Waals surface area contributed by atoms with E-state index in [1.807, 2.05) is 43.3 Å². The molecule has 0 aliphatic carbocycles. The number of rotatable bonds is 5. The average molecular weight is 456 g/mol. The highest BCUT2D eigenvalue weighted by Gasteiger charge is 2.45. The quantitative estimate of drug-likeness (QED) is 0.339. The second kappa shape index (κ2) is 8.71. The minimum Gasteiger partial charge on any atom is -0.508 e. The van der Waals surface area contributed by atoms with Gasteiger partial charge in [-0.2, -0.15) is 0 Å². The molecule has 0 spiro atoms. The topological polar surface area (TPSA) is 87.1 Å². The summed E-state index contributed by atoms with van der Waals surface area (Å²) in [6.07, 6.45) is 1.33. The van der Waals surface area contributed by atoms with E-state index < -0.39 is 17.7 Å². The number of Topliss-reactive ketones (excluding diaryl/α,β-unsaturated/α-hetero) is 1. The number of aliphatic hydroxyl groups excluding tert-OH is 1. The van der Waals surface area contributed by atoms with Crippen LogP contribution in [0.3, 0.4) is 0 Å². The molecule has 1 amide bonds. The first-order chi connectivity index (χ1) is 16.4. The van der Waals surface area contributed by atoms with Gasteiger partial charge in [0.15, 0.2) is 0 Å². The van der Waals surface area contributed by atoms with E-state index in [9.17, 15) is 19.8 Å². The molecular weight excluding hydrogens is 430 g/mol. The van der Waals surface area contributed by atoms with Gasteiger partial charge >= 0.3 is 0 Å². The molecule has 1 saturated heterocycles. The summed E-state index contributed by atoms with van der Waals surface area (Å²) in [4.78, 5) is 27.8. The molecule has 6 heteroatoms. The van der Waals surface area contributed by atoms with Gasteiger partial charge in [0.2, 0.25) is 0 Å². The first-order valence-corrected chi connectivity index (χ1v) is 11.3. The van der Waals surface area contributed by atoms with E-state index in [-0.39, 0.29) is 23.2 Å². The number of carbonyl (C=O) groups excluding carboxylic acids is 2. The van der Waals surface area contributed by atoms with Crippen LogP contribution in [-0.2, 0) is 22.4 Å². The van der Waals surface area contributed by atoms with Crippen LogP contribution in [0.2, 0.25) is 0 Å². The van der Waals surface area contributed by atoms with Crippen molar-refractivity contribution in [3.05, 3.63) is 101 Å². The van der Waals surface area contributed by atoms with Gasteiger partial charge in [-0.1, -0.05) is 42.5 Å². The third-order valence-electron chi connectivity index (χ3n) is 6.40. The maximum Gasteiger partial charge on any atom is 0.295 e. The van der Waals surface area contributed by atoms with E-state index in [0.29, 0.717) is 30.5 Å². The normalized spacial score (nSPS) is 20.9. The maximum absolute atomic E-state index is 13.2. The smallest absolute Gasteiger partial charge is 0.295 e. The van der Waals surface area contributed by atoms with E-state index in [4.69, 9.17) is 4.74 Å². The van der Waals surface area contributed by atoms with Crippen molar-refractivity contribution in [3.8, 4) is 11.5 Å². The largest absolute Gasteiger partial charge is 0.508 e. The lowest BCUT2D eigenvalue weighted by Gasteiger charge is -2.25. The lowest BCUT2D eigenvalue weighted by molar-refractivity contribution is -0.139. The standard InChI is InChI=1S/C28H25NO5/c1-17-15-21-16-20(9-12-23(21)34-17)26(31)24-25(19-7-10-22(30)11-8-19)29(28(33)27(24)32)14-13-18-5-3-2-4-6-18/h2-12,16-17,25,30-31H,13-15H2,1H3/t17-,25+/m1/s1. The van der Waals surface area contributed by atoms with Crippen LogP contribution in [0.5, 0.6) is 11.5 Å².